The lowest BCUT2D eigenvalue weighted by Gasteiger charge is -2.11. The molecule has 2 aromatic carbocycles. The van der Waals surface area contributed by atoms with Crippen LogP contribution in [0.25, 0.3) is 6.08 Å². The molecule has 0 aliphatic carbocycles. The van der Waals surface area contributed by atoms with Crippen molar-refractivity contribution in [3.05, 3.63) is 71.6 Å². The predicted molar refractivity (Wildman–Crippen MR) is 87.1 cm³/mol. The summed E-state index contributed by atoms with van der Waals surface area (Å²) in [5.41, 5.74) is 0.931. The van der Waals surface area contributed by atoms with Crippen molar-refractivity contribution in [2.75, 3.05) is 14.1 Å². The second-order valence-electron chi connectivity index (χ2n) is 5.06. The van der Waals surface area contributed by atoms with Crippen LogP contribution in [0.15, 0.2) is 59.5 Å². The predicted octanol–water partition coefficient (Wildman–Crippen LogP) is 2.97. The molecule has 120 valence electrons. The average molecular weight is 333 g/mol. The van der Waals surface area contributed by atoms with Gasteiger partial charge in [0.2, 0.25) is 10.0 Å². The molecule has 0 bridgehead atoms. The molecule has 6 heteroatoms. The molecule has 0 saturated heterocycles. The topological polar surface area (TPSA) is 54.5 Å². The molecule has 0 fully saturated rings. The molecule has 0 unspecified atom stereocenters. The Balaban J connectivity index is 2.18. The molecular weight excluding hydrogens is 317 g/mol. The Hall–Kier alpha value is -2.31. The van der Waals surface area contributed by atoms with E-state index in [9.17, 15) is 17.6 Å². The van der Waals surface area contributed by atoms with Gasteiger partial charge >= 0.3 is 0 Å². The first-order valence-corrected chi connectivity index (χ1v) is 8.25. The van der Waals surface area contributed by atoms with Crippen molar-refractivity contribution in [3.63, 3.8) is 0 Å². The third kappa shape index (κ3) is 4.12. The Morgan fingerprint density at radius 1 is 1.09 bits per heavy atom. The summed E-state index contributed by atoms with van der Waals surface area (Å²) in [6.07, 6.45) is 2.83. The molecule has 0 spiro atoms. The minimum Gasteiger partial charge on any atom is -0.289 e. The highest BCUT2D eigenvalue weighted by Crippen LogP contribution is 2.15. The van der Waals surface area contributed by atoms with Crippen LogP contribution in [0, 0.1) is 5.82 Å². The number of hydrogen-bond donors (Lipinski definition) is 0. The third-order valence-electron chi connectivity index (χ3n) is 3.19. The zero-order chi connectivity index (χ0) is 17.0. The van der Waals surface area contributed by atoms with Gasteiger partial charge in [-0.1, -0.05) is 18.2 Å². The van der Waals surface area contributed by atoms with E-state index in [4.69, 9.17) is 0 Å². The molecule has 0 aromatic heterocycles. The maximum Gasteiger partial charge on any atom is 0.242 e. The fraction of sp³-hybridized carbons (Fsp3) is 0.118. The normalized spacial score (nSPS) is 12.0. The molecule has 0 saturated carbocycles. The highest BCUT2D eigenvalue weighted by molar-refractivity contribution is 7.89. The van der Waals surface area contributed by atoms with Crippen LogP contribution in [-0.2, 0) is 10.0 Å². The fourth-order valence-electron chi connectivity index (χ4n) is 1.88. The number of ketones is 1. The summed E-state index contributed by atoms with van der Waals surface area (Å²) in [5.74, 6) is -0.666. The minimum absolute atomic E-state index is 0.119. The maximum absolute atomic E-state index is 13.1. The van der Waals surface area contributed by atoms with Gasteiger partial charge in [0.15, 0.2) is 5.78 Å². The Morgan fingerprint density at radius 2 is 1.74 bits per heavy atom. The highest BCUT2D eigenvalue weighted by atomic mass is 32.2. The molecule has 2 rings (SSSR count). The van der Waals surface area contributed by atoms with Crippen LogP contribution in [0.5, 0.6) is 0 Å². The number of carbonyl (C=O) groups is 1. The van der Waals surface area contributed by atoms with Crippen molar-refractivity contribution in [2.45, 2.75) is 4.90 Å². The molecular formula is C17H16FNO3S. The van der Waals surface area contributed by atoms with Crippen molar-refractivity contribution in [3.8, 4) is 0 Å². The van der Waals surface area contributed by atoms with E-state index in [1.807, 2.05) is 0 Å². The van der Waals surface area contributed by atoms with Crippen molar-refractivity contribution in [1.82, 2.24) is 4.31 Å². The van der Waals surface area contributed by atoms with E-state index in [2.05, 4.69) is 0 Å². The van der Waals surface area contributed by atoms with E-state index in [1.54, 1.807) is 12.1 Å². The van der Waals surface area contributed by atoms with Crippen LogP contribution in [0.4, 0.5) is 4.39 Å². The van der Waals surface area contributed by atoms with Gasteiger partial charge in [-0.25, -0.2) is 17.1 Å². The zero-order valence-corrected chi connectivity index (χ0v) is 13.5. The van der Waals surface area contributed by atoms with Crippen molar-refractivity contribution < 1.29 is 17.6 Å². The Labute approximate surface area is 134 Å². The van der Waals surface area contributed by atoms with E-state index in [-0.39, 0.29) is 16.5 Å². The fourth-order valence-corrected chi connectivity index (χ4v) is 2.78. The molecule has 0 heterocycles. The minimum atomic E-state index is -3.52. The summed E-state index contributed by atoms with van der Waals surface area (Å²) in [4.78, 5) is 12.2. The van der Waals surface area contributed by atoms with Gasteiger partial charge < -0.3 is 0 Å². The van der Waals surface area contributed by atoms with Crippen molar-refractivity contribution in [1.29, 1.82) is 0 Å². The average Bonchev–Trinajstić information content (AvgIpc) is 2.52. The molecule has 23 heavy (non-hydrogen) atoms. The van der Waals surface area contributed by atoms with E-state index in [0.717, 1.165) is 4.31 Å². The molecule has 0 atom stereocenters. The summed E-state index contributed by atoms with van der Waals surface area (Å²) < 4.78 is 38.1. The second-order valence-corrected chi connectivity index (χ2v) is 7.22. The van der Waals surface area contributed by atoms with Crippen molar-refractivity contribution >= 4 is 21.9 Å². The largest absolute Gasteiger partial charge is 0.289 e. The van der Waals surface area contributed by atoms with Crippen LogP contribution in [0.2, 0.25) is 0 Å². The van der Waals surface area contributed by atoms with Crippen molar-refractivity contribution in [2.24, 2.45) is 0 Å². The van der Waals surface area contributed by atoms with Gasteiger partial charge in [-0.2, -0.15) is 0 Å². The molecule has 2 aromatic rings. The number of nitrogens with zero attached hydrogens (tertiary/aromatic N) is 1. The van der Waals surface area contributed by atoms with Crippen LogP contribution < -0.4 is 0 Å². The monoisotopic (exact) mass is 333 g/mol. The molecule has 0 aliphatic rings. The summed E-state index contributed by atoms with van der Waals surface area (Å²) in [7, 11) is -0.636. The number of halogens is 1. The van der Waals surface area contributed by atoms with E-state index >= 15 is 0 Å². The lowest BCUT2D eigenvalue weighted by atomic mass is 10.1. The second kappa shape index (κ2) is 6.85. The summed E-state index contributed by atoms with van der Waals surface area (Å²) in [5, 5.41) is 0. The van der Waals surface area contributed by atoms with Gasteiger partial charge in [-0.3, -0.25) is 4.79 Å². The molecule has 0 N–H and O–H groups in total. The number of sulfonamides is 1. The summed E-state index contributed by atoms with van der Waals surface area (Å²) in [6, 6.07) is 11.6. The Morgan fingerprint density at radius 3 is 2.30 bits per heavy atom. The van der Waals surface area contributed by atoms with Gasteiger partial charge in [0.25, 0.3) is 0 Å². The molecule has 0 radical (unpaired) electrons. The number of rotatable bonds is 5. The lowest BCUT2D eigenvalue weighted by molar-refractivity contribution is 0.104. The van der Waals surface area contributed by atoms with Gasteiger partial charge in [0, 0.05) is 19.7 Å². The van der Waals surface area contributed by atoms with E-state index < -0.39 is 10.0 Å². The zero-order valence-electron chi connectivity index (χ0n) is 12.7. The number of benzene rings is 2. The first-order chi connectivity index (χ1) is 10.8. The molecule has 0 amide bonds. The quantitative estimate of drug-likeness (QED) is 0.624. The van der Waals surface area contributed by atoms with Crippen LogP contribution in [0.1, 0.15) is 15.9 Å². The Kier molecular flexibility index (Phi) is 5.08. The lowest BCUT2D eigenvalue weighted by Crippen LogP contribution is -2.22. The number of allylic oxidation sites excluding steroid dienone is 1. The van der Waals surface area contributed by atoms with Gasteiger partial charge in [-0.05, 0) is 48.0 Å². The first-order valence-electron chi connectivity index (χ1n) is 6.81. The highest BCUT2D eigenvalue weighted by Gasteiger charge is 2.17. The van der Waals surface area contributed by atoms with Crippen LogP contribution in [-0.4, -0.2) is 32.6 Å². The van der Waals surface area contributed by atoms with Gasteiger partial charge in [0.1, 0.15) is 5.82 Å². The van der Waals surface area contributed by atoms with Crippen LogP contribution in [0.3, 0.4) is 0 Å². The molecule has 4 nitrogen and oxygen atoms in total. The first kappa shape index (κ1) is 17.1. The maximum atomic E-state index is 13.1. The number of carbonyl (C=O) groups excluding carboxylic acids is 1. The SMILES string of the molecule is CN(C)S(=O)(=O)c1ccc(C(=O)C=Cc2cccc(F)c2)cc1. The smallest absolute Gasteiger partial charge is 0.242 e. The Bertz CT molecular complexity index is 840. The van der Waals surface area contributed by atoms with E-state index in [0.29, 0.717) is 11.1 Å². The van der Waals surface area contributed by atoms with Gasteiger partial charge in [-0.15, -0.1) is 0 Å². The molecule has 0 aliphatic heterocycles. The third-order valence-corrected chi connectivity index (χ3v) is 5.02. The van der Waals surface area contributed by atoms with Gasteiger partial charge in [0.05, 0.1) is 4.90 Å². The van der Waals surface area contributed by atoms with Crippen LogP contribution >= 0.6 is 0 Å². The van der Waals surface area contributed by atoms with E-state index in [1.165, 1.54) is 62.6 Å². The standard InChI is InChI=1S/C17H16FNO3S/c1-19(2)23(21,22)16-9-7-14(8-10-16)17(20)11-6-13-4-3-5-15(18)12-13/h3-12H,1-2H3. The number of hydrogen-bond acceptors (Lipinski definition) is 3. The summed E-state index contributed by atoms with van der Waals surface area (Å²) >= 11 is 0. The summed E-state index contributed by atoms with van der Waals surface area (Å²) in [6.45, 7) is 0.